The molecule has 0 unspecified atom stereocenters. The largest absolute Gasteiger partial charge is 0.497 e. The highest BCUT2D eigenvalue weighted by Gasteiger charge is 2.32. The summed E-state index contributed by atoms with van der Waals surface area (Å²) in [5.41, 5.74) is 1.77. The van der Waals surface area contributed by atoms with E-state index in [0.29, 0.717) is 36.8 Å². The van der Waals surface area contributed by atoms with E-state index in [1.165, 1.54) is 34.9 Å². The summed E-state index contributed by atoms with van der Waals surface area (Å²) >= 11 is 1.43. The van der Waals surface area contributed by atoms with Crippen LogP contribution in [0.4, 0.5) is 5.13 Å². The summed E-state index contributed by atoms with van der Waals surface area (Å²) in [6.45, 7) is 2.55. The van der Waals surface area contributed by atoms with Crippen LogP contribution in [0.2, 0.25) is 0 Å². The van der Waals surface area contributed by atoms with Crippen LogP contribution in [-0.2, 0) is 14.8 Å². The summed E-state index contributed by atoms with van der Waals surface area (Å²) in [7, 11) is -0.451. The second kappa shape index (κ2) is 10.1. The molecule has 1 fully saturated rings. The first-order valence-electron chi connectivity index (χ1n) is 10.9. The number of hydrogen-bond donors (Lipinski definition) is 1. The molecule has 2 heterocycles. The number of thiazole rings is 1. The first-order chi connectivity index (χ1) is 16.3. The molecular weight excluding hydrogens is 474 g/mol. The molecule has 1 amide bonds. The van der Waals surface area contributed by atoms with E-state index in [1.807, 2.05) is 31.2 Å². The molecule has 0 spiro atoms. The van der Waals surface area contributed by atoms with E-state index in [-0.39, 0.29) is 16.7 Å². The van der Waals surface area contributed by atoms with Crippen molar-refractivity contribution in [1.82, 2.24) is 9.29 Å². The number of methoxy groups -OCH3 is 2. The first-order valence-corrected chi connectivity index (χ1v) is 13.1. The van der Waals surface area contributed by atoms with Gasteiger partial charge < -0.3 is 14.8 Å². The molecule has 8 nitrogen and oxygen atoms in total. The van der Waals surface area contributed by atoms with Gasteiger partial charge >= 0.3 is 0 Å². The maximum Gasteiger partial charge on any atom is 0.243 e. The highest BCUT2D eigenvalue weighted by molar-refractivity contribution is 7.89. The van der Waals surface area contributed by atoms with Crippen LogP contribution in [0.15, 0.2) is 53.4 Å². The topological polar surface area (TPSA) is 97.8 Å². The normalized spacial score (nSPS) is 15.1. The number of amides is 1. The van der Waals surface area contributed by atoms with Crippen LogP contribution in [0.3, 0.4) is 0 Å². The number of aromatic nitrogens is 1. The Hall–Kier alpha value is -2.95. The highest BCUT2D eigenvalue weighted by Crippen LogP contribution is 2.32. The molecule has 2 aromatic carbocycles. The number of rotatable bonds is 7. The van der Waals surface area contributed by atoms with Gasteiger partial charge in [-0.15, -0.1) is 11.3 Å². The van der Waals surface area contributed by atoms with E-state index in [1.54, 1.807) is 19.2 Å². The molecule has 0 saturated carbocycles. The number of aryl methyl sites for hydroxylation is 1. The lowest BCUT2D eigenvalue weighted by atomic mass is 9.97. The predicted molar refractivity (Wildman–Crippen MR) is 132 cm³/mol. The summed E-state index contributed by atoms with van der Waals surface area (Å²) in [5, 5.41) is 3.47. The molecule has 34 heavy (non-hydrogen) atoms. The van der Waals surface area contributed by atoms with Crippen molar-refractivity contribution in [3.05, 3.63) is 53.4 Å². The molecular formula is C24H27N3O5S2. The van der Waals surface area contributed by atoms with Gasteiger partial charge in [-0.1, -0.05) is 0 Å². The molecule has 0 bridgehead atoms. The van der Waals surface area contributed by atoms with Crippen LogP contribution < -0.4 is 14.8 Å². The summed E-state index contributed by atoms with van der Waals surface area (Å²) in [5.74, 6) is 0.972. The number of carbonyl (C=O) groups is 1. The molecule has 0 aliphatic carbocycles. The molecule has 0 radical (unpaired) electrons. The van der Waals surface area contributed by atoms with Crippen LogP contribution in [0.1, 0.15) is 17.7 Å². The smallest absolute Gasteiger partial charge is 0.243 e. The monoisotopic (exact) mass is 501 g/mol. The van der Waals surface area contributed by atoms with Gasteiger partial charge in [-0.2, -0.15) is 4.31 Å². The van der Waals surface area contributed by atoms with Gasteiger partial charge in [0.1, 0.15) is 11.5 Å². The number of anilines is 1. The summed E-state index contributed by atoms with van der Waals surface area (Å²) in [6.07, 6.45) is 0.911. The van der Waals surface area contributed by atoms with Crippen molar-refractivity contribution in [3.8, 4) is 22.8 Å². The first kappa shape index (κ1) is 24.2. The summed E-state index contributed by atoms with van der Waals surface area (Å²) < 4.78 is 37.6. The van der Waals surface area contributed by atoms with Crippen molar-refractivity contribution in [2.75, 3.05) is 32.6 Å². The molecule has 1 aliphatic rings. The Morgan fingerprint density at radius 2 is 1.56 bits per heavy atom. The zero-order valence-corrected chi connectivity index (χ0v) is 20.9. The number of hydrogen-bond acceptors (Lipinski definition) is 7. The third-order valence-electron chi connectivity index (χ3n) is 5.91. The predicted octanol–water partition coefficient (Wildman–Crippen LogP) is 4.18. The molecule has 3 aromatic rings. The summed E-state index contributed by atoms with van der Waals surface area (Å²) in [6, 6.07) is 14.0. The van der Waals surface area contributed by atoms with Gasteiger partial charge in [0.25, 0.3) is 0 Å². The molecule has 10 heteroatoms. The van der Waals surface area contributed by atoms with Crippen molar-refractivity contribution in [2.24, 2.45) is 5.92 Å². The molecule has 1 saturated heterocycles. The maximum absolute atomic E-state index is 12.9. The number of piperidine rings is 1. The van der Waals surface area contributed by atoms with Gasteiger partial charge in [0, 0.05) is 29.4 Å². The Kier molecular flexibility index (Phi) is 7.20. The van der Waals surface area contributed by atoms with E-state index >= 15 is 0 Å². The Labute approximate surface area is 203 Å². The lowest BCUT2D eigenvalue weighted by molar-refractivity contribution is -0.120. The minimum atomic E-state index is -3.61. The quantitative estimate of drug-likeness (QED) is 0.522. The van der Waals surface area contributed by atoms with E-state index < -0.39 is 10.0 Å². The minimum Gasteiger partial charge on any atom is -0.497 e. The standard InChI is InChI=1S/C24H27N3O5S2/c1-16-22(17-4-6-19(31-2)7-5-17)25-24(33-16)26-23(28)18-12-14-27(15-13-18)34(29,30)21-10-8-20(32-3)9-11-21/h4-11,18H,12-15H2,1-3H3,(H,25,26,28). The maximum atomic E-state index is 12.9. The zero-order chi connectivity index (χ0) is 24.3. The number of sulfonamides is 1. The lowest BCUT2D eigenvalue weighted by Crippen LogP contribution is -2.41. The Bertz CT molecular complexity index is 1250. The Morgan fingerprint density at radius 1 is 1.00 bits per heavy atom. The zero-order valence-electron chi connectivity index (χ0n) is 19.3. The fourth-order valence-corrected chi connectivity index (χ4v) is 6.24. The van der Waals surface area contributed by atoms with E-state index in [2.05, 4.69) is 10.3 Å². The minimum absolute atomic E-state index is 0.128. The van der Waals surface area contributed by atoms with Crippen LogP contribution in [0.25, 0.3) is 11.3 Å². The third kappa shape index (κ3) is 5.08. The number of carbonyl (C=O) groups excluding carboxylic acids is 1. The van der Waals surface area contributed by atoms with Crippen molar-refractivity contribution < 1.29 is 22.7 Å². The van der Waals surface area contributed by atoms with Gasteiger partial charge in [-0.05, 0) is 68.3 Å². The Morgan fingerprint density at radius 3 is 2.12 bits per heavy atom. The van der Waals surface area contributed by atoms with E-state index in [0.717, 1.165) is 21.9 Å². The third-order valence-corrected chi connectivity index (χ3v) is 8.71. The molecule has 1 N–H and O–H groups in total. The second-order valence-electron chi connectivity index (χ2n) is 8.00. The Balaban J connectivity index is 1.37. The highest BCUT2D eigenvalue weighted by atomic mass is 32.2. The van der Waals surface area contributed by atoms with E-state index in [4.69, 9.17) is 9.47 Å². The van der Waals surface area contributed by atoms with Crippen LogP contribution in [0, 0.1) is 12.8 Å². The summed E-state index contributed by atoms with van der Waals surface area (Å²) in [4.78, 5) is 18.7. The average molecular weight is 502 g/mol. The molecule has 1 aliphatic heterocycles. The van der Waals surface area contributed by atoms with Crippen molar-refractivity contribution in [2.45, 2.75) is 24.7 Å². The van der Waals surface area contributed by atoms with Gasteiger partial charge in [0.2, 0.25) is 15.9 Å². The van der Waals surface area contributed by atoms with Crippen LogP contribution in [-0.4, -0.2) is 50.9 Å². The fourth-order valence-electron chi connectivity index (χ4n) is 3.93. The van der Waals surface area contributed by atoms with Crippen molar-refractivity contribution in [1.29, 1.82) is 0 Å². The molecule has 0 atom stereocenters. The average Bonchev–Trinajstić information content (AvgIpc) is 3.23. The fraction of sp³-hybridized carbons (Fsp3) is 0.333. The SMILES string of the molecule is COc1ccc(-c2nc(NC(=O)C3CCN(S(=O)(=O)c4ccc(OC)cc4)CC3)sc2C)cc1. The number of benzene rings is 2. The lowest BCUT2D eigenvalue weighted by Gasteiger charge is -2.30. The van der Waals surface area contributed by atoms with Gasteiger partial charge in [0.15, 0.2) is 5.13 Å². The van der Waals surface area contributed by atoms with Crippen LogP contribution >= 0.6 is 11.3 Å². The second-order valence-corrected chi connectivity index (χ2v) is 11.1. The van der Waals surface area contributed by atoms with Crippen LogP contribution in [0.5, 0.6) is 11.5 Å². The molecule has 4 rings (SSSR count). The van der Waals surface area contributed by atoms with Gasteiger partial charge in [-0.25, -0.2) is 13.4 Å². The van der Waals surface area contributed by atoms with Crippen molar-refractivity contribution >= 4 is 32.4 Å². The van der Waals surface area contributed by atoms with Gasteiger partial charge in [0.05, 0.1) is 24.8 Å². The molecule has 180 valence electrons. The van der Waals surface area contributed by atoms with E-state index in [9.17, 15) is 13.2 Å². The number of ether oxygens (including phenoxy) is 2. The molecule has 1 aromatic heterocycles. The number of nitrogens with zero attached hydrogens (tertiary/aromatic N) is 2. The van der Waals surface area contributed by atoms with Crippen molar-refractivity contribution in [3.63, 3.8) is 0 Å². The number of nitrogens with one attached hydrogen (secondary N) is 1. The van der Waals surface area contributed by atoms with Gasteiger partial charge in [-0.3, -0.25) is 4.79 Å².